The van der Waals surface area contributed by atoms with Crippen molar-refractivity contribution in [1.29, 1.82) is 0 Å². The zero-order valence-corrected chi connectivity index (χ0v) is 23.8. The lowest BCUT2D eigenvalue weighted by atomic mass is 9.92. The number of nitrogens with zero attached hydrogens (tertiary/aromatic N) is 5. The van der Waals surface area contributed by atoms with Crippen LogP contribution in [-0.2, 0) is 9.59 Å². The summed E-state index contributed by atoms with van der Waals surface area (Å²) < 4.78 is 1.72. The number of carbonyl (C=O) groups is 2. The quantitative estimate of drug-likeness (QED) is 0.309. The molecule has 2 aromatic carbocycles. The van der Waals surface area contributed by atoms with Crippen molar-refractivity contribution in [3.05, 3.63) is 95.3 Å². The lowest BCUT2D eigenvalue weighted by Gasteiger charge is -2.35. The van der Waals surface area contributed by atoms with E-state index < -0.39 is 0 Å². The predicted molar refractivity (Wildman–Crippen MR) is 159 cm³/mol. The molecule has 0 fully saturated rings. The van der Waals surface area contributed by atoms with Crippen LogP contribution in [0.15, 0.2) is 73.2 Å². The van der Waals surface area contributed by atoms with Gasteiger partial charge < -0.3 is 10.2 Å². The van der Waals surface area contributed by atoms with Crippen molar-refractivity contribution in [2.75, 3.05) is 11.9 Å². The Morgan fingerprint density at radius 3 is 2.66 bits per heavy atom. The largest absolute Gasteiger partial charge is 0.330 e. The molecule has 0 aliphatic carbocycles. The van der Waals surface area contributed by atoms with Crippen molar-refractivity contribution in [3.8, 4) is 16.8 Å². The van der Waals surface area contributed by atoms with Crippen LogP contribution < -0.4 is 5.32 Å². The third kappa shape index (κ3) is 5.52. The minimum atomic E-state index is -0.209. The predicted octanol–water partition coefficient (Wildman–Crippen LogP) is 6.41. The molecule has 0 radical (unpaired) electrons. The summed E-state index contributed by atoms with van der Waals surface area (Å²) in [5.74, 6) is 0.449. The van der Waals surface area contributed by atoms with Gasteiger partial charge in [-0.25, -0.2) is 9.67 Å². The van der Waals surface area contributed by atoms with Gasteiger partial charge >= 0.3 is 0 Å². The molecule has 41 heavy (non-hydrogen) atoms. The van der Waals surface area contributed by atoms with Gasteiger partial charge in [0.15, 0.2) is 0 Å². The Bertz CT molecular complexity index is 1660. The molecule has 2 bridgehead atoms. The molecule has 8 nitrogen and oxygen atoms in total. The molecule has 0 saturated carbocycles. The van der Waals surface area contributed by atoms with Crippen LogP contribution in [0.5, 0.6) is 0 Å². The number of carbonyl (C=O) groups excluding carboxylic acids is 2. The average Bonchev–Trinajstić information content (AvgIpc) is 3.41. The van der Waals surface area contributed by atoms with Gasteiger partial charge in [0.05, 0.1) is 17.4 Å². The van der Waals surface area contributed by atoms with E-state index >= 15 is 0 Å². The van der Waals surface area contributed by atoms with Gasteiger partial charge in [0, 0.05) is 46.6 Å². The number of nitrogens with one attached hydrogen (secondary N) is 1. The van der Waals surface area contributed by atoms with Crippen molar-refractivity contribution in [3.63, 3.8) is 0 Å². The van der Waals surface area contributed by atoms with E-state index in [2.05, 4.69) is 21.5 Å². The molecule has 0 spiro atoms. The van der Waals surface area contributed by atoms with Gasteiger partial charge in [0.25, 0.3) is 0 Å². The molecule has 2 aromatic heterocycles. The Hall–Kier alpha value is -4.30. The van der Waals surface area contributed by atoms with Gasteiger partial charge in [-0.15, -0.1) is 0 Å². The Labute approximate surface area is 244 Å². The second-order valence-corrected chi connectivity index (χ2v) is 11.1. The molecule has 2 aliphatic rings. The third-order valence-corrected chi connectivity index (χ3v) is 8.15. The molecule has 0 unspecified atom stereocenters. The summed E-state index contributed by atoms with van der Waals surface area (Å²) in [6.45, 7) is 4.33. The maximum Gasteiger partial charge on any atom is 0.247 e. The van der Waals surface area contributed by atoms with E-state index in [0.29, 0.717) is 30.2 Å². The van der Waals surface area contributed by atoms with E-state index in [0.717, 1.165) is 52.2 Å². The van der Waals surface area contributed by atoms with Gasteiger partial charge in [0.2, 0.25) is 11.8 Å². The smallest absolute Gasteiger partial charge is 0.247 e. The molecule has 6 rings (SSSR count). The number of hydrogen-bond donors (Lipinski definition) is 1. The highest BCUT2D eigenvalue weighted by Crippen LogP contribution is 2.37. The molecule has 4 aromatic rings. The molecular weight excluding hydrogens is 536 g/mol. The molecule has 0 saturated heterocycles. The van der Waals surface area contributed by atoms with Gasteiger partial charge in [-0.2, -0.15) is 5.10 Å². The number of anilines is 1. The molecule has 9 heteroatoms. The number of fused-ring (bicyclic) bond motifs is 4. The van der Waals surface area contributed by atoms with E-state index in [1.54, 1.807) is 23.3 Å². The number of aromatic nitrogens is 4. The third-order valence-electron chi connectivity index (χ3n) is 7.92. The van der Waals surface area contributed by atoms with E-state index in [-0.39, 0.29) is 23.8 Å². The molecule has 2 amide bonds. The number of hydrogen-bond acceptors (Lipinski definition) is 5. The minimum absolute atomic E-state index is 0.00498. The van der Waals surface area contributed by atoms with Crippen LogP contribution >= 0.6 is 11.6 Å². The van der Waals surface area contributed by atoms with Crippen molar-refractivity contribution >= 4 is 34.7 Å². The lowest BCUT2D eigenvalue weighted by Crippen LogP contribution is -2.38. The fraction of sp³-hybridized carbons (Fsp3) is 0.281. The van der Waals surface area contributed by atoms with Crippen LogP contribution in [0.2, 0.25) is 5.02 Å². The van der Waals surface area contributed by atoms with E-state index in [9.17, 15) is 9.59 Å². The molecular formula is C32H31ClN6O2. The normalized spacial score (nSPS) is 19.5. The molecule has 1 N–H and O–H groups in total. The summed E-state index contributed by atoms with van der Waals surface area (Å²) in [5, 5.41) is 8.17. The van der Waals surface area contributed by atoms with Crippen LogP contribution in [0.3, 0.4) is 0 Å². The number of benzene rings is 2. The fourth-order valence-electron chi connectivity index (χ4n) is 5.71. The standard InChI is InChI=1S/C32H31ClN6O2/c1-20-6-5-9-30(28-16-22(12-14-34-28)25-7-3-4-8-27(25)36-32(20)41)38-15-13-23(17-31(38)40)26-18-24(33)10-11-29(26)39-19-35-21(2)37-39/h3-4,7-8,10-12,14,16-20,30H,5-6,9,13,15H2,1-2H3,(H,36,41)/t20-,30+/m1/s1. The van der Waals surface area contributed by atoms with E-state index in [1.165, 1.54) is 0 Å². The molecule has 208 valence electrons. The number of halogens is 1. The molecule has 2 atom stereocenters. The van der Waals surface area contributed by atoms with E-state index in [1.807, 2.05) is 67.3 Å². The fourth-order valence-corrected chi connectivity index (χ4v) is 5.89. The lowest BCUT2D eigenvalue weighted by molar-refractivity contribution is -0.129. The summed E-state index contributed by atoms with van der Waals surface area (Å²) in [5.41, 5.74) is 6.12. The second kappa shape index (κ2) is 11.3. The van der Waals surface area contributed by atoms with Crippen molar-refractivity contribution < 1.29 is 9.59 Å². The van der Waals surface area contributed by atoms with Crippen LogP contribution in [0.4, 0.5) is 5.69 Å². The van der Waals surface area contributed by atoms with Crippen LogP contribution in [0, 0.1) is 12.8 Å². The number of para-hydroxylation sites is 1. The van der Waals surface area contributed by atoms with Crippen molar-refractivity contribution in [1.82, 2.24) is 24.6 Å². The van der Waals surface area contributed by atoms with E-state index in [4.69, 9.17) is 16.6 Å². The number of aryl methyl sites for hydroxylation is 1. The van der Waals surface area contributed by atoms with Gasteiger partial charge in [-0.3, -0.25) is 14.6 Å². The van der Waals surface area contributed by atoms with Gasteiger partial charge in [-0.1, -0.05) is 43.1 Å². The topological polar surface area (TPSA) is 93.0 Å². The second-order valence-electron chi connectivity index (χ2n) is 10.7. The Morgan fingerprint density at radius 2 is 1.85 bits per heavy atom. The van der Waals surface area contributed by atoms with Crippen LogP contribution in [0.1, 0.15) is 55.7 Å². The molecule has 2 aliphatic heterocycles. The minimum Gasteiger partial charge on any atom is -0.330 e. The SMILES string of the molecule is Cc1ncn(-c2ccc(Cl)cc2C2=CC(=O)N([C@H]3CCC[C@@H](C)C(=O)Nc4ccccc4-c4ccnc3c4)CC2)n1. The van der Waals surface area contributed by atoms with Crippen molar-refractivity contribution in [2.24, 2.45) is 5.92 Å². The number of rotatable bonds is 3. The first-order valence-electron chi connectivity index (χ1n) is 13.9. The van der Waals surface area contributed by atoms with Gasteiger partial charge in [-0.05, 0) is 73.7 Å². The summed E-state index contributed by atoms with van der Waals surface area (Å²) in [6.07, 6.45) is 8.05. The highest BCUT2D eigenvalue weighted by Gasteiger charge is 2.30. The summed E-state index contributed by atoms with van der Waals surface area (Å²) in [6, 6.07) is 17.2. The van der Waals surface area contributed by atoms with Crippen molar-refractivity contribution in [2.45, 2.75) is 45.6 Å². The average molecular weight is 567 g/mol. The number of pyridine rings is 1. The van der Waals surface area contributed by atoms with Gasteiger partial charge in [0.1, 0.15) is 12.2 Å². The first-order chi connectivity index (χ1) is 19.9. The maximum absolute atomic E-state index is 13.8. The Balaban J connectivity index is 1.36. The zero-order chi connectivity index (χ0) is 28.5. The van der Waals surface area contributed by atoms with Crippen LogP contribution in [0.25, 0.3) is 22.4 Å². The summed E-state index contributed by atoms with van der Waals surface area (Å²) in [7, 11) is 0. The molecule has 4 heterocycles. The first-order valence-corrected chi connectivity index (χ1v) is 14.3. The maximum atomic E-state index is 13.8. The zero-order valence-electron chi connectivity index (χ0n) is 23.0. The summed E-state index contributed by atoms with van der Waals surface area (Å²) >= 11 is 6.39. The Kier molecular flexibility index (Phi) is 7.41. The highest BCUT2D eigenvalue weighted by atomic mass is 35.5. The highest BCUT2D eigenvalue weighted by molar-refractivity contribution is 6.30. The van der Waals surface area contributed by atoms with Crippen LogP contribution in [-0.4, -0.2) is 43.0 Å². The first kappa shape index (κ1) is 26.9. The monoisotopic (exact) mass is 566 g/mol. The Morgan fingerprint density at radius 1 is 1.00 bits per heavy atom. The number of amides is 2. The summed E-state index contributed by atoms with van der Waals surface area (Å²) in [4.78, 5) is 37.7.